The molecule has 2 aromatic carbocycles. The van der Waals surface area contributed by atoms with Crippen molar-refractivity contribution >= 4 is 18.7 Å². The predicted molar refractivity (Wildman–Crippen MR) is 113 cm³/mol. The first-order valence-corrected chi connectivity index (χ1v) is 11.6. The standard InChI is InChI=1S/C24H30OSi/c1-5-20-14-12-13-19-23(20)25-26(24(2,3)4,21-15-8-6-9-16-21)22-17-10-7-11-18-22/h1,6-11,15-18,20,23H,12-14,19H2,2-4H3/t20-,23-/m0/s1. The fourth-order valence-corrected chi connectivity index (χ4v) is 9.10. The second kappa shape index (κ2) is 7.82. The Balaban J connectivity index is 2.16. The van der Waals surface area contributed by atoms with Crippen molar-refractivity contribution in [3.8, 4) is 12.3 Å². The highest BCUT2D eigenvalue weighted by atomic mass is 28.4. The monoisotopic (exact) mass is 362 g/mol. The summed E-state index contributed by atoms with van der Waals surface area (Å²) in [4.78, 5) is 0. The molecule has 0 aliphatic heterocycles. The summed E-state index contributed by atoms with van der Waals surface area (Å²) in [6, 6.07) is 21.7. The van der Waals surface area contributed by atoms with Gasteiger partial charge in [-0.3, -0.25) is 0 Å². The molecule has 1 nitrogen and oxygen atoms in total. The van der Waals surface area contributed by atoms with E-state index in [-0.39, 0.29) is 17.1 Å². The molecule has 0 heterocycles. The van der Waals surface area contributed by atoms with Crippen LogP contribution in [0.25, 0.3) is 0 Å². The maximum atomic E-state index is 7.22. The molecule has 0 aromatic heterocycles. The van der Waals surface area contributed by atoms with Crippen molar-refractivity contribution in [3.63, 3.8) is 0 Å². The van der Waals surface area contributed by atoms with Gasteiger partial charge in [-0.2, -0.15) is 0 Å². The van der Waals surface area contributed by atoms with Crippen LogP contribution >= 0.6 is 0 Å². The van der Waals surface area contributed by atoms with Crippen LogP contribution in [0.5, 0.6) is 0 Å². The van der Waals surface area contributed by atoms with Gasteiger partial charge in [0.25, 0.3) is 8.32 Å². The van der Waals surface area contributed by atoms with Crippen LogP contribution in [-0.4, -0.2) is 14.4 Å². The summed E-state index contributed by atoms with van der Waals surface area (Å²) < 4.78 is 7.22. The molecular weight excluding hydrogens is 332 g/mol. The summed E-state index contributed by atoms with van der Waals surface area (Å²) in [6.07, 6.45) is 10.6. The summed E-state index contributed by atoms with van der Waals surface area (Å²) >= 11 is 0. The first kappa shape index (κ1) is 19.0. The third-order valence-corrected chi connectivity index (χ3v) is 10.7. The lowest BCUT2D eigenvalue weighted by atomic mass is 9.87. The van der Waals surface area contributed by atoms with Gasteiger partial charge < -0.3 is 4.43 Å². The molecule has 1 aliphatic rings. The lowest BCUT2D eigenvalue weighted by molar-refractivity contribution is 0.110. The maximum absolute atomic E-state index is 7.22. The molecule has 1 aliphatic carbocycles. The molecule has 0 unspecified atom stereocenters. The van der Waals surface area contributed by atoms with Gasteiger partial charge in [-0.15, -0.1) is 12.3 Å². The number of terminal acetylenes is 1. The Hall–Kier alpha value is -1.82. The normalized spacial score (nSPS) is 21.2. The van der Waals surface area contributed by atoms with Crippen molar-refractivity contribution in [2.45, 2.75) is 57.6 Å². The second-order valence-electron chi connectivity index (χ2n) is 8.38. The van der Waals surface area contributed by atoms with Gasteiger partial charge in [0.15, 0.2) is 0 Å². The molecule has 0 spiro atoms. The van der Waals surface area contributed by atoms with Crippen LogP contribution in [0.3, 0.4) is 0 Å². The van der Waals surface area contributed by atoms with Crippen molar-refractivity contribution in [2.75, 3.05) is 0 Å². The van der Waals surface area contributed by atoms with Gasteiger partial charge in [0.2, 0.25) is 0 Å². The highest BCUT2D eigenvalue weighted by Gasteiger charge is 2.52. The minimum absolute atomic E-state index is 0.00625. The molecule has 3 rings (SSSR count). The van der Waals surface area contributed by atoms with Crippen LogP contribution in [0.4, 0.5) is 0 Å². The molecule has 1 saturated carbocycles. The first-order chi connectivity index (χ1) is 12.5. The van der Waals surface area contributed by atoms with Crippen LogP contribution in [0.15, 0.2) is 60.7 Å². The fraction of sp³-hybridized carbons (Fsp3) is 0.417. The zero-order valence-electron chi connectivity index (χ0n) is 16.2. The Morgan fingerprint density at radius 3 is 1.85 bits per heavy atom. The van der Waals surface area contributed by atoms with Gasteiger partial charge in [-0.1, -0.05) is 94.3 Å². The quantitative estimate of drug-likeness (QED) is 0.563. The molecular formula is C24H30OSi. The molecule has 2 atom stereocenters. The molecule has 26 heavy (non-hydrogen) atoms. The zero-order valence-corrected chi connectivity index (χ0v) is 17.2. The average Bonchev–Trinajstić information content (AvgIpc) is 2.67. The van der Waals surface area contributed by atoms with Gasteiger partial charge in [0.05, 0.1) is 6.10 Å². The Bertz CT molecular complexity index is 700. The summed E-state index contributed by atoms with van der Waals surface area (Å²) in [7, 11) is -2.49. The highest BCUT2D eigenvalue weighted by molar-refractivity contribution is 6.99. The summed E-state index contributed by atoms with van der Waals surface area (Å²) in [5, 5.41) is 2.67. The van der Waals surface area contributed by atoms with Gasteiger partial charge >= 0.3 is 0 Å². The molecule has 0 amide bonds. The van der Waals surface area contributed by atoms with Crippen LogP contribution in [0, 0.1) is 18.3 Å². The van der Waals surface area contributed by atoms with Crippen LogP contribution in [-0.2, 0) is 4.43 Å². The Kier molecular flexibility index (Phi) is 5.70. The van der Waals surface area contributed by atoms with E-state index in [2.05, 4.69) is 87.4 Å². The zero-order chi connectivity index (χ0) is 18.6. The minimum atomic E-state index is -2.49. The topological polar surface area (TPSA) is 9.23 Å². The van der Waals surface area contributed by atoms with E-state index in [4.69, 9.17) is 10.8 Å². The average molecular weight is 363 g/mol. The van der Waals surface area contributed by atoms with Crippen LogP contribution < -0.4 is 10.4 Å². The first-order valence-electron chi connectivity index (χ1n) is 9.74. The SMILES string of the molecule is C#C[C@H]1CCCC[C@@H]1O[Si](c1ccccc1)(c1ccccc1)C(C)(C)C. The van der Waals surface area contributed by atoms with E-state index in [9.17, 15) is 0 Å². The van der Waals surface area contributed by atoms with Gasteiger partial charge in [-0.05, 0) is 28.3 Å². The van der Waals surface area contributed by atoms with E-state index in [1.807, 2.05) is 0 Å². The molecule has 0 N–H and O–H groups in total. The molecule has 136 valence electrons. The minimum Gasteiger partial charge on any atom is -0.403 e. The van der Waals surface area contributed by atoms with Crippen molar-refractivity contribution < 1.29 is 4.43 Å². The molecule has 0 saturated heterocycles. The van der Waals surface area contributed by atoms with E-state index < -0.39 is 8.32 Å². The van der Waals surface area contributed by atoms with Crippen LogP contribution in [0.1, 0.15) is 46.5 Å². The van der Waals surface area contributed by atoms with Crippen LogP contribution in [0.2, 0.25) is 5.04 Å². The molecule has 1 fully saturated rings. The van der Waals surface area contributed by atoms with E-state index in [0.717, 1.165) is 12.8 Å². The maximum Gasteiger partial charge on any atom is 0.261 e. The third-order valence-electron chi connectivity index (χ3n) is 5.66. The number of hydrogen-bond donors (Lipinski definition) is 0. The Morgan fingerprint density at radius 2 is 1.38 bits per heavy atom. The van der Waals surface area contributed by atoms with Gasteiger partial charge in [-0.25, -0.2) is 0 Å². The van der Waals surface area contributed by atoms with Crippen molar-refractivity contribution in [3.05, 3.63) is 60.7 Å². The van der Waals surface area contributed by atoms with Crippen molar-refractivity contribution in [1.82, 2.24) is 0 Å². The Morgan fingerprint density at radius 1 is 0.885 bits per heavy atom. The lowest BCUT2D eigenvalue weighted by Crippen LogP contribution is -2.68. The van der Waals surface area contributed by atoms with Gasteiger partial charge in [0, 0.05) is 5.92 Å². The summed E-state index contributed by atoms with van der Waals surface area (Å²) in [5.74, 6) is 3.26. The molecule has 2 heteroatoms. The third kappa shape index (κ3) is 3.52. The summed E-state index contributed by atoms with van der Waals surface area (Å²) in [6.45, 7) is 6.98. The van der Waals surface area contributed by atoms with E-state index in [1.54, 1.807) is 0 Å². The van der Waals surface area contributed by atoms with Crippen molar-refractivity contribution in [1.29, 1.82) is 0 Å². The summed E-state index contributed by atoms with van der Waals surface area (Å²) in [5.41, 5.74) is 0. The molecule has 0 bridgehead atoms. The molecule has 2 aromatic rings. The lowest BCUT2D eigenvalue weighted by Gasteiger charge is -2.46. The number of benzene rings is 2. The fourth-order valence-electron chi connectivity index (χ4n) is 4.35. The van der Waals surface area contributed by atoms with Gasteiger partial charge in [0.1, 0.15) is 0 Å². The van der Waals surface area contributed by atoms with Crippen molar-refractivity contribution in [2.24, 2.45) is 5.92 Å². The largest absolute Gasteiger partial charge is 0.403 e. The van der Waals surface area contributed by atoms with E-state index in [0.29, 0.717) is 0 Å². The van der Waals surface area contributed by atoms with E-state index in [1.165, 1.54) is 23.2 Å². The Labute approximate surface area is 159 Å². The molecule has 0 radical (unpaired) electrons. The van der Waals surface area contributed by atoms with E-state index >= 15 is 0 Å². The predicted octanol–water partition coefficient (Wildman–Crippen LogP) is 4.76. The smallest absolute Gasteiger partial charge is 0.261 e. The number of hydrogen-bond acceptors (Lipinski definition) is 1. The number of rotatable bonds is 4. The highest BCUT2D eigenvalue weighted by Crippen LogP contribution is 2.40. The second-order valence-corrected chi connectivity index (χ2v) is 12.6.